The van der Waals surface area contributed by atoms with Crippen molar-refractivity contribution in [3.8, 4) is 11.3 Å². The molecule has 0 atom stereocenters. The summed E-state index contributed by atoms with van der Waals surface area (Å²) in [5.41, 5.74) is 2.14. The Morgan fingerprint density at radius 2 is 2.16 bits per heavy atom. The molecule has 0 fully saturated rings. The van der Waals surface area contributed by atoms with E-state index in [0.717, 1.165) is 48.2 Å². The summed E-state index contributed by atoms with van der Waals surface area (Å²) in [5.74, 6) is 2.83. The molecule has 2 aromatic rings. The average molecular weight is 255 g/mol. The number of hydrogen-bond donors (Lipinski definition) is 2. The summed E-state index contributed by atoms with van der Waals surface area (Å²) < 4.78 is 5.70. The van der Waals surface area contributed by atoms with Gasteiger partial charge in [-0.3, -0.25) is 4.99 Å². The second-order valence-corrected chi connectivity index (χ2v) is 4.56. The number of anilines is 1. The van der Waals surface area contributed by atoms with Crippen LogP contribution < -0.4 is 10.6 Å². The third-order valence-corrected chi connectivity index (χ3v) is 3.12. The Balaban J connectivity index is 1.81. The summed E-state index contributed by atoms with van der Waals surface area (Å²) in [6.07, 6.45) is 0. The first-order valence-electron chi connectivity index (χ1n) is 6.50. The molecular weight excluding hydrogens is 238 g/mol. The van der Waals surface area contributed by atoms with Gasteiger partial charge in [-0.25, -0.2) is 0 Å². The van der Waals surface area contributed by atoms with E-state index in [4.69, 9.17) is 4.42 Å². The summed E-state index contributed by atoms with van der Waals surface area (Å²) in [4.78, 5) is 4.38. The predicted molar refractivity (Wildman–Crippen MR) is 77.7 cm³/mol. The monoisotopic (exact) mass is 255 g/mol. The van der Waals surface area contributed by atoms with Gasteiger partial charge in [-0.05, 0) is 31.2 Å². The standard InChI is InChI=1S/C15H17N3O/c1-11-6-7-14(19-11)12-4-2-3-5-13(12)18-10-15-16-8-9-17-15/h2-7,18H,8-10H2,1H3,(H,16,17). The number of rotatable bonds is 4. The molecule has 1 aliphatic heterocycles. The van der Waals surface area contributed by atoms with Gasteiger partial charge in [0.15, 0.2) is 0 Å². The summed E-state index contributed by atoms with van der Waals surface area (Å²) >= 11 is 0. The quantitative estimate of drug-likeness (QED) is 0.883. The molecule has 0 saturated carbocycles. The average Bonchev–Trinajstić information content (AvgIpc) is 3.08. The molecule has 0 unspecified atom stereocenters. The molecule has 4 heteroatoms. The molecule has 19 heavy (non-hydrogen) atoms. The molecule has 0 amide bonds. The molecular formula is C15H17N3O. The first-order chi connectivity index (χ1) is 9.33. The molecule has 0 bridgehead atoms. The van der Waals surface area contributed by atoms with Crippen LogP contribution in [-0.4, -0.2) is 25.5 Å². The van der Waals surface area contributed by atoms with Crippen LogP contribution in [0.3, 0.4) is 0 Å². The van der Waals surface area contributed by atoms with Crippen molar-refractivity contribution in [1.29, 1.82) is 0 Å². The van der Waals surface area contributed by atoms with E-state index in [0.29, 0.717) is 0 Å². The number of furan rings is 1. The number of nitrogens with zero attached hydrogens (tertiary/aromatic N) is 1. The Morgan fingerprint density at radius 3 is 2.89 bits per heavy atom. The van der Waals surface area contributed by atoms with Gasteiger partial charge in [0.1, 0.15) is 17.4 Å². The van der Waals surface area contributed by atoms with E-state index in [1.165, 1.54) is 0 Å². The maximum Gasteiger partial charge on any atom is 0.136 e. The molecule has 2 N–H and O–H groups in total. The Bertz CT molecular complexity index is 601. The van der Waals surface area contributed by atoms with Crippen molar-refractivity contribution >= 4 is 11.5 Å². The van der Waals surface area contributed by atoms with Gasteiger partial charge in [0.2, 0.25) is 0 Å². The fraction of sp³-hybridized carbons (Fsp3) is 0.267. The highest BCUT2D eigenvalue weighted by molar-refractivity contribution is 5.88. The number of aliphatic imine (C=N–C) groups is 1. The van der Waals surface area contributed by atoms with Gasteiger partial charge in [0, 0.05) is 17.8 Å². The van der Waals surface area contributed by atoms with Crippen molar-refractivity contribution in [2.24, 2.45) is 4.99 Å². The van der Waals surface area contributed by atoms with Gasteiger partial charge >= 0.3 is 0 Å². The summed E-state index contributed by atoms with van der Waals surface area (Å²) in [6, 6.07) is 12.1. The van der Waals surface area contributed by atoms with E-state index < -0.39 is 0 Å². The largest absolute Gasteiger partial charge is 0.461 e. The molecule has 1 aromatic carbocycles. The van der Waals surface area contributed by atoms with Gasteiger partial charge < -0.3 is 15.1 Å². The maximum absolute atomic E-state index is 5.70. The maximum atomic E-state index is 5.70. The van der Waals surface area contributed by atoms with E-state index in [1.807, 2.05) is 31.2 Å². The van der Waals surface area contributed by atoms with Crippen LogP contribution in [0.4, 0.5) is 5.69 Å². The number of hydrogen-bond acceptors (Lipinski definition) is 4. The lowest BCUT2D eigenvalue weighted by atomic mass is 10.1. The van der Waals surface area contributed by atoms with Crippen LogP contribution in [0.1, 0.15) is 5.76 Å². The highest BCUT2D eigenvalue weighted by atomic mass is 16.3. The minimum absolute atomic E-state index is 0.719. The fourth-order valence-electron chi connectivity index (χ4n) is 2.18. The smallest absolute Gasteiger partial charge is 0.136 e. The topological polar surface area (TPSA) is 49.6 Å². The van der Waals surface area contributed by atoms with Crippen molar-refractivity contribution in [2.45, 2.75) is 6.92 Å². The van der Waals surface area contributed by atoms with E-state index in [2.05, 4.69) is 27.8 Å². The summed E-state index contributed by atoms with van der Waals surface area (Å²) in [5, 5.41) is 6.66. The molecule has 0 spiro atoms. The molecule has 1 aliphatic rings. The molecule has 1 aromatic heterocycles. The van der Waals surface area contributed by atoms with Crippen molar-refractivity contribution in [2.75, 3.05) is 25.0 Å². The highest BCUT2D eigenvalue weighted by Gasteiger charge is 2.09. The number of benzene rings is 1. The number of para-hydroxylation sites is 1. The summed E-state index contributed by atoms with van der Waals surface area (Å²) in [6.45, 7) is 4.49. The van der Waals surface area contributed by atoms with Crippen LogP contribution in [0.15, 0.2) is 45.8 Å². The minimum atomic E-state index is 0.719. The third-order valence-electron chi connectivity index (χ3n) is 3.12. The van der Waals surface area contributed by atoms with Gasteiger partial charge in [-0.2, -0.15) is 0 Å². The minimum Gasteiger partial charge on any atom is -0.461 e. The molecule has 3 rings (SSSR count). The van der Waals surface area contributed by atoms with Crippen LogP contribution in [0.2, 0.25) is 0 Å². The zero-order valence-corrected chi connectivity index (χ0v) is 10.9. The lowest BCUT2D eigenvalue weighted by molar-refractivity contribution is 0.548. The van der Waals surface area contributed by atoms with Crippen molar-refractivity contribution in [3.05, 3.63) is 42.2 Å². The van der Waals surface area contributed by atoms with Gasteiger partial charge in [-0.15, -0.1) is 0 Å². The van der Waals surface area contributed by atoms with E-state index in [1.54, 1.807) is 0 Å². The second kappa shape index (κ2) is 5.18. The first-order valence-corrected chi connectivity index (χ1v) is 6.50. The van der Waals surface area contributed by atoms with Crippen LogP contribution in [0.5, 0.6) is 0 Å². The predicted octanol–water partition coefficient (Wildman–Crippen LogP) is 2.67. The van der Waals surface area contributed by atoms with Crippen LogP contribution >= 0.6 is 0 Å². The van der Waals surface area contributed by atoms with Crippen LogP contribution in [-0.2, 0) is 0 Å². The lowest BCUT2D eigenvalue weighted by Gasteiger charge is -2.10. The van der Waals surface area contributed by atoms with Crippen LogP contribution in [0.25, 0.3) is 11.3 Å². The Morgan fingerprint density at radius 1 is 1.26 bits per heavy atom. The van der Waals surface area contributed by atoms with Crippen molar-refractivity contribution in [3.63, 3.8) is 0 Å². The molecule has 98 valence electrons. The first kappa shape index (κ1) is 11.8. The van der Waals surface area contributed by atoms with Gasteiger partial charge in [0.05, 0.1) is 13.1 Å². The van der Waals surface area contributed by atoms with E-state index >= 15 is 0 Å². The number of amidine groups is 1. The normalized spacial score (nSPS) is 14.1. The Labute approximate surface area is 112 Å². The summed E-state index contributed by atoms with van der Waals surface area (Å²) in [7, 11) is 0. The lowest BCUT2D eigenvalue weighted by Crippen LogP contribution is -2.26. The van der Waals surface area contributed by atoms with Gasteiger partial charge in [-0.1, -0.05) is 12.1 Å². The number of nitrogens with one attached hydrogen (secondary N) is 2. The van der Waals surface area contributed by atoms with E-state index in [9.17, 15) is 0 Å². The Kier molecular flexibility index (Phi) is 3.23. The van der Waals surface area contributed by atoms with Gasteiger partial charge in [0.25, 0.3) is 0 Å². The Hall–Kier alpha value is -2.23. The van der Waals surface area contributed by atoms with Crippen LogP contribution in [0, 0.1) is 6.92 Å². The van der Waals surface area contributed by atoms with E-state index in [-0.39, 0.29) is 0 Å². The van der Waals surface area contributed by atoms with Crippen molar-refractivity contribution < 1.29 is 4.42 Å². The molecule has 4 nitrogen and oxygen atoms in total. The molecule has 2 heterocycles. The van der Waals surface area contributed by atoms with Crippen molar-refractivity contribution in [1.82, 2.24) is 5.32 Å². The second-order valence-electron chi connectivity index (χ2n) is 4.56. The molecule has 0 saturated heterocycles. The SMILES string of the molecule is Cc1ccc(-c2ccccc2NCC2=NCCN2)o1. The molecule has 0 aliphatic carbocycles. The molecule has 0 radical (unpaired) electrons. The zero-order valence-electron chi connectivity index (χ0n) is 10.9. The third kappa shape index (κ3) is 2.62. The number of aryl methyl sites for hydroxylation is 1. The highest BCUT2D eigenvalue weighted by Crippen LogP contribution is 2.29. The fourth-order valence-corrected chi connectivity index (χ4v) is 2.18. The zero-order chi connectivity index (χ0) is 13.1.